The van der Waals surface area contributed by atoms with Gasteiger partial charge in [-0.2, -0.15) is 0 Å². The molecule has 0 aliphatic heterocycles. The second-order valence-corrected chi connectivity index (χ2v) is 3.56. The van der Waals surface area contributed by atoms with E-state index in [1.54, 1.807) is 0 Å². The minimum atomic E-state index is 0.726. The largest absolute Gasteiger partial charge is 0.264 e. The maximum Gasteiger partial charge on any atom is 0.0302 e. The van der Waals surface area contributed by atoms with Gasteiger partial charge < -0.3 is 0 Å². The Kier molecular flexibility index (Phi) is 4.52. The molecule has 0 saturated carbocycles. The third kappa shape index (κ3) is 3.17. The van der Waals surface area contributed by atoms with Crippen LogP contribution in [0.3, 0.4) is 0 Å². The van der Waals surface area contributed by atoms with Crippen molar-refractivity contribution >= 4 is 0 Å². The van der Waals surface area contributed by atoms with Gasteiger partial charge in [0, 0.05) is 12.4 Å². The predicted molar refractivity (Wildman–Crippen MR) is 56.8 cm³/mol. The molecule has 0 radical (unpaired) electrons. The Morgan fingerprint density at radius 1 is 1.23 bits per heavy atom. The smallest absolute Gasteiger partial charge is 0.0302 e. The zero-order chi connectivity index (χ0) is 9.52. The van der Waals surface area contributed by atoms with Gasteiger partial charge in [0.25, 0.3) is 0 Å². The Hall–Kier alpha value is -0.850. The topological polar surface area (TPSA) is 12.9 Å². The first-order chi connectivity index (χ1) is 6.38. The van der Waals surface area contributed by atoms with E-state index in [1.165, 1.54) is 31.2 Å². The summed E-state index contributed by atoms with van der Waals surface area (Å²) in [7, 11) is 0. The Labute approximate surface area is 81.2 Å². The van der Waals surface area contributed by atoms with Gasteiger partial charge in [-0.25, -0.2) is 0 Å². The Balaban J connectivity index is 2.64. The second-order valence-electron chi connectivity index (χ2n) is 3.56. The van der Waals surface area contributed by atoms with E-state index < -0.39 is 0 Å². The molecule has 0 atom stereocenters. The minimum Gasteiger partial charge on any atom is -0.264 e. The van der Waals surface area contributed by atoms with Crippen LogP contribution in [-0.4, -0.2) is 4.98 Å². The average Bonchev–Trinajstić information content (AvgIpc) is 2.19. The predicted octanol–water partition coefficient (Wildman–Crippen LogP) is 3.77. The zero-order valence-corrected chi connectivity index (χ0v) is 8.66. The van der Waals surface area contributed by atoms with Crippen molar-refractivity contribution in [3.05, 3.63) is 30.1 Å². The summed E-state index contributed by atoms with van der Waals surface area (Å²) in [5.74, 6) is 0.726. The minimum absolute atomic E-state index is 0.726. The molecule has 1 aromatic rings. The first kappa shape index (κ1) is 10.2. The van der Waals surface area contributed by atoms with Crippen LogP contribution in [0.4, 0.5) is 0 Å². The van der Waals surface area contributed by atoms with E-state index in [9.17, 15) is 0 Å². The van der Waals surface area contributed by atoms with Gasteiger partial charge in [0.15, 0.2) is 0 Å². The molecule has 0 saturated heterocycles. The summed E-state index contributed by atoms with van der Waals surface area (Å²) in [5.41, 5.74) is 1.41. The van der Waals surface area contributed by atoms with Crippen molar-refractivity contribution < 1.29 is 0 Å². The van der Waals surface area contributed by atoms with Crippen LogP contribution >= 0.6 is 0 Å². The molecule has 1 rings (SSSR count). The van der Waals surface area contributed by atoms with Gasteiger partial charge in [0.05, 0.1) is 0 Å². The van der Waals surface area contributed by atoms with Crippen LogP contribution in [0.15, 0.2) is 24.5 Å². The van der Waals surface area contributed by atoms with Crippen molar-refractivity contribution in [2.45, 2.75) is 45.4 Å². The summed E-state index contributed by atoms with van der Waals surface area (Å²) in [4.78, 5) is 4.17. The number of pyridine rings is 1. The Bertz CT molecular complexity index is 212. The average molecular weight is 177 g/mol. The van der Waals surface area contributed by atoms with E-state index in [-0.39, 0.29) is 0 Å². The SMILES string of the molecule is CCCC(CCC)c1cccnc1. The number of rotatable bonds is 5. The molecule has 1 heteroatoms. The lowest BCUT2D eigenvalue weighted by Crippen LogP contribution is -1.98. The van der Waals surface area contributed by atoms with Gasteiger partial charge in [-0.15, -0.1) is 0 Å². The highest BCUT2D eigenvalue weighted by atomic mass is 14.6. The van der Waals surface area contributed by atoms with Crippen LogP contribution in [-0.2, 0) is 0 Å². The number of nitrogens with zero attached hydrogens (tertiary/aromatic N) is 1. The van der Waals surface area contributed by atoms with E-state index in [1.807, 2.05) is 18.5 Å². The first-order valence-electron chi connectivity index (χ1n) is 5.28. The first-order valence-corrected chi connectivity index (χ1v) is 5.28. The molecule has 72 valence electrons. The van der Waals surface area contributed by atoms with Crippen LogP contribution in [0.25, 0.3) is 0 Å². The van der Waals surface area contributed by atoms with Crippen LogP contribution in [0.2, 0.25) is 0 Å². The molecule has 0 aromatic carbocycles. The maximum atomic E-state index is 4.17. The van der Waals surface area contributed by atoms with Gasteiger partial charge in [-0.05, 0) is 30.4 Å². The summed E-state index contributed by atoms with van der Waals surface area (Å²) in [5, 5.41) is 0. The lowest BCUT2D eigenvalue weighted by molar-refractivity contribution is 0.559. The molecule has 1 aromatic heterocycles. The molecule has 0 unspecified atom stereocenters. The standard InChI is InChI=1S/C12H19N/c1-3-6-11(7-4-2)12-8-5-9-13-10-12/h5,8-11H,3-4,6-7H2,1-2H3. The van der Waals surface area contributed by atoms with E-state index in [2.05, 4.69) is 24.9 Å². The summed E-state index contributed by atoms with van der Waals surface area (Å²) in [6.07, 6.45) is 8.96. The van der Waals surface area contributed by atoms with E-state index in [0.717, 1.165) is 5.92 Å². The molecule has 0 amide bonds. The third-order valence-electron chi connectivity index (χ3n) is 2.43. The second kappa shape index (κ2) is 5.74. The fraction of sp³-hybridized carbons (Fsp3) is 0.583. The monoisotopic (exact) mass is 177 g/mol. The van der Waals surface area contributed by atoms with E-state index >= 15 is 0 Å². The molecule has 0 aliphatic rings. The van der Waals surface area contributed by atoms with Gasteiger partial charge in [0.2, 0.25) is 0 Å². The zero-order valence-electron chi connectivity index (χ0n) is 8.66. The summed E-state index contributed by atoms with van der Waals surface area (Å²) in [6, 6.07) is 4.23. The molecule has 0 N–H and O–H groups in total. The summed E-state index contributed by atoms with van der Waals surface area (Å²) in [6.45, 7) is 4.50. The van der Waals surface area contributed by atoms with Crippen LogP contribution in [0, 0.1) is 0 Å². The van der Waals surface area contributed by atoms with Gasteiger partial charge >= 0.3 is 0 Å². The highest BCUT2D eigenvalue weighted by Gasteiger charge is 2.08. The molecule has 0 spiro atoms. The highest BCUT2D eigenvalue weighted by Crippen LogP contribution is 2.25. The van der Waals surface area contributed by atoms with Crippen LogP contribution in [0.5, 0.6) is 0 Å². The summed E-state index contributed by atoms with van der Waals surface area (Å²) < 4.78 is 0. The normalized spacial score (nSPS) is 10.7. The maximum absolute atomic E-state index is 4.17. The lowest BCUT2D eigenvalue weighted by Gasteiger charge is -2.14. The molecule has 0 aliphatic carbocycles. The lowest BCUT2D eigenvalue weighted by atomic mass is 9.92. The van der Waals surface area contributed by atoms with Crippen molar-refractivity contribution in [2.75, 3.05) is 0 Å². The molecular formula is C12H19N. The summed E-state index contributed by atoms with van der Waals surface area (Å²) >= 11 is 0. The number of hydrogen-bond donors (Lipinski definition) is 0. The van der Waals surface area contributed by atoms with Gasteiger partial charge in [-0.1, -0.05) is 32.8 Å². The fourth-order valence-electron chi connectivity index (χ4n) is 1.79. The van der Waals surface area contributed by atoms with Gasteiger partial charge in [0.1, 0.15) is 0 Å². The van der Waals surface area contributed by atoms with E-state index in [4.69, 9.17) is 0 Å². The van der Waals surface area contributed by atoms with Crippen molar-refractivity contribution in [2.24, 2.45) is 0 Å². The van der Waals surface area contributed by atoms with Crippen LogP contribution in [0.1, 0.15) is 51.0 Å². The van der Waals surface area contributed by atoms with Crippen LogP contribution < -0.4 is 0 Å². The number of hydrogen-bond acceptors (Lipinski definition) is 1. The number of aromatic nitrogens is 1. The molecule has 0 bridgehead atoms. The van der Waals surface area contributed by atoms with Crippen molar-refractivity contribution in [3.63, 3.8) is 0 Å². The van der Waals surface area contributed by atoms with Crippen molar-refractivity contribution in [3.8, 4) is 0 Å². The van der Waals surface area contributed by atoms with Gasteiger partial charge in [-0.3, -0.25) is 4.98 Å². The fourth-order valence-corrected chi connectivity index (χ4v) is 1.79. The molecule has 0 fully saturated rings. The highest BCUT2D eigenvalue weighted by molar-refractivity contribution is 5.14. The Morgan fingerprint density at radius 3 is 2.38 bits per heavy atom. The third-order valence-corrected chi connectivity index (χ3v) is 2.43. The molecule has 1 nitrogen and oxygen atoms in total. The molecule has 13 heavy (non-hydrogen) atoms. The quantitative estimate of drug-likeness (QED) is 0.667. The Morgan fingerprint density at radius 2 is 1.92 bits per heavy atom. The molecule has 1 heterocycles. The molecular weight excluding hydrogens is 158 g/mol. The van der Waals surface area contributed by atoms with E-state index in [0.29, 0.717) is 0 Å². The van der Waals surface area contributed by atoms with Crippen molar-refractivity contribution in [1.82, 2.24) is 4.98 Å². The van der Waals surface area contributed by atoms with Crippen molar-refractivity contribution in [1.29, 1.82) is 0 Å².